The molecule has 116 valence electrons. The van der Waals surface area contributed by atoms with Gasteiger partial charge in [-0.3, -0.25) is 10.1 Å². The van der Waals surface area contributed by atoms with E-state index in [2.05, 4.69) is 15.5 Å². The average Bonchev–Trinajstić information content (AvgIpc) is 3.02. The monoisotopic (exact) mass is 341 g/mol. The number of rotatable bonds is 5. The zero-order valence-electron chi connectivity index (χ0n) is 12.5. The molecular formula is C17H15N3OS2. The highest BCUT2D eigenvalue weighted by atomic mass is 32.2. The maximum absolute atomic E-state index is 12.0. The van der Waals surface area contributed by atoms with Crippen LogP contribution in [0.15, 0.2) is 59.5 Å². The molecule has 1 amide bonds. The zero-order valence-corrected chi connectivity index (χ0v) is 14.2. The Morgan fingerprint density at radius 3 is 2.61 bits per heavy atom. The van der Waals surface area contributed by atoms with Crippen LogP contribution in [0.4, 0.5) is 5.13 Å². The molecule has 4 nitrogen and oxygen atoms in total. The quantitative estimate of drug-likeness (QED) is 0.705. The zero-order chi connectivity index (χ0) is 16.1. The Balaban J connectivity index is 1.61. The molecule has 0 radical (unpaired) electrons. The molecule has 0 aliphatic heterocycles. The van der Waals surface area contributed by atoms with Crippen LogP contribution in [-0.4, -0.2) is 21.9 Å². The first kappa shape index (κ1) is 15.7. The van der Waals surface area contributed by atoms with Crippen LogP contribution >= 0.6 is 23.1 Å². The molecule has 0 saturated heterocycles. The van der Waals surface area contributed by atoms with Crippen LogP contribution in [0.2, 0.25) is 0 Å². The molecule has 0 atom stereocenters. The number of aromatic nitrogens is 2. The van der Waals surface area contributed by atoms with Gasteiger partial charge in [0.15, 0.2) is 0 Å². The van der Waals surface area contributed by atoms with E-state index in [9.17, 15) is 4.79 Å². The van der Waals surface area contributed by atoms with Gasteiger partial charge in [-0.15, -0.1) is 22.0 Å². The summed E-state index contributed by atoms with van der Waals surface area (Å²) in [4.78, 5) is 13.1. The summed E-state index contributed by atoms with van der Waals surface area (Å²) in [5.74, 6) is 0.273. The predicted octanol–water partition coefficient (Wildman–Crippen LogP) is 4.24. The number of hydrogen-bond donors (Lipinski definition) is 1. The summed E-state index contributed by atoms with van der Waals surface area (Å²) >= 11 is 2.88. The third-order valence-electron chi connectivity index (χ3n) is 3.16. The van der Waals surface area contributed by atoms with Crippen molar-refractivity contribution in [3.63, 3.8) is 0 Å². The Bertz CT molecular complexity index is 802. The lowest BCUT2D eigenvalue weighted by molar-refractivity contribution is -0.113. The predicted molar refractivity (Wildman–Crippen MR) is 95.9 cm³/mol. The van der Waals surface area contributed by atoms with Gasteiger partial charge in [-0.2, -0.15) is 0 Å². The molecule has 0 aliphatic carbocycles. The van der Waals surface area contributed by atoms with Gasteiger partial charge in [-0.25, -0.2) is 0 Å². The number of hydrogen-bond acceptors (Lipinski definition) is 5. The highest BCUT2D eigenvalue weighted by Crippen LogP contribution is 2.28. The van der Waals surface area contributed by atoms with Crippen LogP contribution < -0.4 is 5.32 Å². The lowest BCUT2D eigenvalue weighted by atomic mass is 10.1. The highest BCUT2D eigenvalue weighted by Gasteiger charge is 2.11. The van der Waals surface area contributed by atoms with Crippen molar-refractivity contribution in [1.29, 1.82) is 0 Å². The summed E-state index contributed by atoms with van der Waals surface area (Å²) in [5.41, 5.74) is 2.19. The van der Waals surface area contributed by atoms with Gasteiger partial charge in [0.05, 0.1) is 5.75 Å². The largest absolute Gasteiger partial charge is 0.300 e. The molecule has 1 aromatic heterocycles. The number of nitrogens with one attached hydrogen (secondary N) is 1. The molecule has 6 heteroatoms. The van der Waals surface area contributed by atoms with E-state index in [1.807, 2.05) is 61.5 Å². The van der Waals surface area contributed by atoms with Crippen molar-refractivity contribution >= 4 is 34.1 Å². The minimum absolute atomic E-state index is 0.0775. The fourth-order valence-electron chi connectivity index (χ4n) is 2.02. The first-order valence-corrected chi connectivity index (χ1v) is 8.90. The number of anilines is 1. The van der Waals surface area contributed by atoms with Gasteiger partial charge in [-0.1, -0.05) is 53.8 Å². The van der Waals surface area contributed by atoms with E-state index in [0.717, 1.165) is 21.0 Å². The molecule has 2 aromatic carbocycles. The number of amides is 1. The van der Waals surface area contributed by atoms with Crippen molar-refractivity contribution in [3.8, 4) is 10.6 Å². The second-order valence-corrected chi connectivity index (χ2v) is 6.90. The number of carbonyl (C=O) groups excluding carboxylic acids is 1. The number of aryl methyl sites for hydroxylation is 1. The molecule has 1 N–H and O–H groups in total. The van der Waals surface area contributed by atoms with E-state index in [-0.39, 0.29) is 5.91 Å². The minimum Gasteiger partial charge on any atom is -0.300 e. The summed E-state index contributed by atoms with van der Waals surface area (Å²) in [5, 5.41) is 12.4. The van der Waals surface area contributed by atoms with Crippen molar-refractivity contribution in [3.05, 3.63) is 60.2 Å². The van der Waals surface area contributed by atoms with Gasteiger partial charge >= 0.3 is 0 Å². The SMILES string of the molecule is Cc1ccccc1-c1nnc(NC(=O)CSc2ccccc2)s1. The maximum Gasteiger partial charge on any atom is 0.236 e. The van der Waals surface area contributed by atoms with Crippen LogP contribution in [0, 0.1) is 6.92 Å². The van der Waals surface area contributed by atoms with Gasteiger partial charge in [-0.05, 0) is 24.6 Å². The summed E-state index contributed by atoms with van der Waals surface area (Å²) in [7, 11) is 0. The molecule has 0 saturated carbocycles. The maximum atomic E-state index is 12.0. The summed E-state index contributed by atoms with van der Waals surface area (Å²) in [6, 6.07) is 17.8. The average molecular weight is 341 g/mol. The van der Waals surface area contributed by atoms with Crippen molar-refractivity contribution in [2.75, 3.05) is 11.1 Å². The fraction of sp³-hybridized carbons (Fsp3) is 0.118. The topological polar surface area (TPSA) is 54.9 Å². The van der Waals surface area contributed by atoms with Gasteiger partial charge in [0.2, 0.25) is 11.0 Å². The Morgan fingerprint density at radius 2 is 1.83 bits per heavy atom. The molecule has 0 spiro atoms. The molecule has 0 fully saturated rings. The molecule has 1 heterocycles. The van der Waals surface area contributed by atoms with Gasteiger partial charge < -0.3 is 0 Å². The summed E-state index contributed by atoms with van der Waals surface area (Å²) < 4.78 is 0. The van der Waals surface area contributed by atoms with E-state index < -0.39 is 0 Å². The van der Waals surface area contributed by atoms with Crippen molar-refractivity contribution in [2.45, 2.75) is 11.8 Å². The third kappa shape index (κ3) is 4.18. The second kappa shape index (κ2) is 7.39. The Kier molecular flexibility index (Phi) is 5.05. The second-order valence-electron chi connectivity index (χ2n) is 4.88. The normalized spacial score (nSPS) is 10.5. The molecule has 3 rings (SSSR count). The van der Waals surface area contributed by atoms with E-state index >= 15 is 0 Å². The van der Waals surface area contributed by atoms with Crippen LogP contribution in [0.5, 0.6) is 0 Å². The van der Waals surface area contributed by atoms with Crippen LogP contribution in [0.25, 0.3) is 10.6 Å². The highest BCUT2D eigenvalue weighted by molar-refractivity contribution is 8.00. The lowest BCUT2D eigenvalue weighted by Gasteiger charge is -2.01. The first-order chi connectivity index (χ1) is 11.2. The van der Waals surface area contributed by atoms with Gasteiger partial charge in [0, 0.05) is 10.5 Å². The molecule has 3 aromatic rings. The van der Waals surface area contributed by atoms with Crippen LogP contribution in [0.1, 0.15) is 5.56 Å². The fourth-order valence-corrected chi connectivity index (χ4v) is 3.59. The molecular weight excluding hydrogens is 326 g/mol. The smallest absolute Gasteiger partial charge is 0.236 e. The van der Waals surface area contributed by atoms with Crippen molar-refractivity contribution in [1.82, 2.24) is 10.2 Å². The summed E-state index contributed by atoms with van der Waals surface area (Å²) in [6.07, 6.45) is 0. The number of carbonyl (C=O) groups is 1. The van der Waals surface area contributed by atoms with E-state index in [1.165, 1.54) is 23.1 Å². The van der Waals surface area contributed by atoms with Crippen LogP contribution in [-0.2, 0) is 4.79 Å². The third-order valence-corrected chi connectivity index (χ3v) is 5.04. The Hall–Kier alpha value is -2.18. The molecule has 0 bridgehead atoms. The van der Waals surface area contributed by atoms with E-state index in [0.29, 0.717) is 10.9 Å². The first-order valence-electron chi connectivity index (χ1n) is 7.09. The van der Waals surface area contributed by atoms with Crippen molar-refractivity contribution < 1.29 is 4.79 Å². The molecule has 23 heavy (non-hydrogen) atoms. The van der Waals surface area contributed by atoms with Gasteiger partial charge in [0.25, 0.3) is 0 Å². The Labute approximate surface area is 143 Å². The van der Waals surface area contributed by atoms with Crippen LogP contribution in [0.3, 0.4) is 0 Å². The van der Waals surface area contributed by atoms with E-state index in [4.69, 9.17) is 0 Å². The number of nitrogens with zero attached hydrogens (tertiary/aromatic N) is 2. The number of benzene rings is 2. The molecule has 0 unspecified atom stereocenters. The standard InChI is InChI=1S/C17H15N3OS2/c1-12-7-5-6-10-14(12)16-19-20-17(23-16)18-15(21)11-22-13-8-3-2-4-9-13/h2-10H,11H2,1H3,(H,18,20,21). The minimum atomic E-state index is -0.0775. The van der Waals surface area contributed by atoms with Crippen molar-refractivity contribution in [2.24, 2.45) is 0 Å². The lowest BCUT2D eigenvalue weighted by Crippen LogP contribution is -2.13. The van der Waals surface area contributed by atoms with E-state index in [1.54, 1.807) is 0 Å². The summed E-state index contributed by atoms with van der Waals surface area (Å²) in [6.45, 7) is 2.03. The van der Waals surface area contributed by atoms with Gasteiger partial charge in [0.1, 0.15) is 5.01 Å². The Morgan fingerprint density at radius 1 is 1.09 bits per heavy atom. The molecule has 0 aliphatic rings. The number of thioether (sulfide) groups is 1.